The Morgan fingerprint density at radius 1 is 0.941 bits per heavy atom. The van der Waals surface area contributed by atoms with Crippen LogP contribution in [0.3, 0.4) is 0 Å². The zero-order chi connectivity index (χ0) is 23.5. The highest BCUT2D eigenvalue weighted by atomic mass is 35.5. The van der Waals surface area contributed by atoms with Crippen LogP contribution in [0, 0.1) is 0 Å². The second-order valence-corrected chi connectivity index (χ2v) is 8.92. The lowest BCUT2D eigenvalue weighted by Crippen LogP contribution is -3.00. The molecule has 1 heterocycles. The summed E-state index contributed by atoms with van der Waals surface area (Å²) >= 11 is 5.97. The lowest BCUT2D eigenvalue weighted by Gasteiger charge is -2.07. The molecule has 0 saturated heterocycles. The van der Waals surface area contributed by atoms with Crippen LogP contribution in [0.5, 0.6) is 5.75 Å². The smallest absolute Gasteiger partial charge is 0.348 e. The highest BCUT2D eigenvalue weighted by Crippen LogP contribution is 2.19. The number of benzene rings is 2. The van der Waals surface area contributed by atoms with E-state index in [1.165, 1.54) is 38.5 Å². The molecule has 0 unspecified atom stereocenters. The number of hydrogen-bond donors (Lipinski definition) is 0. The average molecular weight is 508 g/mol. The van der Waals surface area contributed by atoms with Gasteiger partial charge in [0.25, 0.3) is 5.82 Å². The van der Waals surface area contributed by atoms with E-state index in [9.17, 15) is 4.79 Å². The van der Waals surface area contributed by atoms with Crippen LogP contribution < -0.4 is 21.7 Å². The minimum atomic E-state index is -0.216. The van der Waals surface area contributed by atoms with Crippen molar-refractivity contribution in [3.8, 4) is 5.75 Å². The van der Waals surface area contributed by atoms with Crippen molar-refractivity contribution in [3.63, 3.8) is 0 Å². The molecule has 0 atom stereocenters. The van der Waals surface area contributed by atoms with E-state index in [-0.39, 0.29) is 24.9 Å². The standard InChI is InChI=1S/C27H36ClN2O3.ClH/c1-3-4-5-6-7-8-9-12-19-32-27(31)20-30-25-14-11-10-13-24(25)29(2)26(30)21-33-23-17-15-22(28)16-18-23;/h10-11,13-18H,3-9,12,19-21H2,1-2H3;1H/q+1;/p-1. The van der Waals surface area contributed by atoms with Gasteiger partial charge < -0.3 is 21.9 Å². The van der Waals surface area contributed by atoms with Crippen molar-refractivity contribution in [1.29, 1.82) is 0 Å². The molecule has 186 valence electrons. The van der Waals surface area contributed by atoms with Gasteiger partial charge >= 0.3 is 5.97 Å². The first kappa shape index (κ1) is 28.0. The predicted octanol–water partition coefficient (Wildman–Crippen LogP) is 3.39. The fourth-order valence-corrected chi connectivity index (χ4v) is 4.19. The molecule has 0 aliphatic heterocycles. The third-order valence-electron chi connectivity index (χ3n) is 5.96. The van der Waals surface area contributed by atoms with Crippen LogP contribution in [0.15, 0.2) is 48.5 Å². The third kappa shape index (κ3) is 8.21. The van der Waals surface area contributed by atoms with E-state index in [1.807, 2.05) is 48.0 Å². The van der Waals surface area contributed by atoms with Gasteiger partial charge in [-0.2, -0.15) is 0 Å². The van der Waals surface area contributed by atoms with E-state index >= 15 is 0 Å². The molecule has 7 heteroatoms. The van der Waals surface area contributed by atoms with Crippen molar-refractivity contribution in [2.75, 3.05) is 6.61 Å². The molecule has 1 aromatic heterocycles. The number of esters is 1. The van der Waals surface area contributed by atoms with Crippen LogP contribution in [-0.4, -0.2) is 17.1 Å². The van der Waals surface area contributed by atoms with Crippen molar-refractivity contribution in [3.05, 3.63) is 59.4 Å². The largest absolute Gasteiger partial charge is 1.00 e. The predicted molar refractivity (Wildman–Crippen MR) is 132 cm³/mol. The molecule has 0 amide bonds. The van der Waals surface area contributed by atoms with Gasteiger partial charge in [-0.3, -0.25) is 0 Å². The second-order valence-electron chi connectivity index (χ2n) is 8.49. The summed E-state index contributed by atoms with van der Waals surface area (Å²) in [4.78, 5) is 12.6. The third-order valence-corrected chi connectivity index (χ3v) is 6.21. The topological polar surface area (TPSA) is 44.3 Å². The van der Waals surface area contributed by atoms with E-state index in [2.05, 4.69) is 11.5 Å². The number of halogens is 2. The van der Waals surface area contributed by atoms with Gasteiger partial charge in [-0.1, -0.05) is 75.6 Å². The van der Waals surface area contributed by atoms with Gasteiger partial charge in [0, 0.05) is 5.02 Å². The summed E-state index contributed by atoms with van der Waals surface area (Å²) in [5.41, 5.74) is 2.03. The van der Waals surface area contributed by atoms with Gasteiger partial charge in [-0.15, -0.1) is 0 Å². The van der Waals surface area contributed by atoms with Gasteiger partial charge in [0.1, 0.15) is 5.75 Å². The number of unbranched alkanes of at least 4 members (excludes halogenated alkanes) is 7. The number of aromatic nitrogens is 2. The second kappa shape index (κ2) is 14.9. The molecule has 3 rings (SSSR count). The highest BCUT2D eigenvalue weighted by molar-refractivity contribution is 6.30. The first-order valence-corrected chi connectivity index (χ1v) is 12.5. The molecule has 0 bridgehead atoms. The Kier molecular flexibility index (Phi) is 12.3. The number of nitrogens with zero attached hydrogens (tertiary/aromatic N) is 2. The van der Waals surface area contributed by atoms with Gasteiger partial charge in [-0.25, -0.2) is 13.9 Å². The quantitative estimate of drug-likeness (QED) is 0.191. The van der Waals surface area contributed by atoms with Crippen LogP contribution in [0.2, 0.25) is 5.02 Å². The Labute approximate surface area is 214 Å². The summed E-state index contributed by atoms with van der Waals surface area (Å²) in [6.45, 7) is 3.21. The number of para-hydroxylation sites is 2. The summed E-state index contributed by atoms with van der Waals surface area (Å²) in [5, 5.41) is 0.668. The number of ether oxygens (including phenoxy) is 2. The molecule has 5 nitrogen and oxygen atoms in total. The minimum absolute atomic E-state index is 0. The van der Waals surface area contributed by atoms with E-state index in [0.29, 0.717) is 18.2 Å². The molecule has 0 aliphatic rings. The van der Waals surface area contributed by atoms with Gasteiger partial charge in [0.15, 0.2) is 24.2 Å². The summed E-state index contributed by atoms with van der Waals surface area (Å²) < 4.78 is 15.6. The summed E-state index contributed by atoms with van der Waals surface area (Å²) in [6.07, 6.45) is 9.77. The van der Waals surface area contributed by atoms with Crippen LogP contribution in [0.4, 0.5) is 0 Å². The fourth-order valence-electron chi connectivity index (χ4n) is 4.06. The number of carbonyl (C=O) groups excluding carboxylic acids is 1. The van der Waals surface area contributed by atoms with E-state index in [1.54, 1.807) is 12.1 Å². The summed E-state index contributed by atoms with van der Waals surface area (Å²) in [5.74, 6) is 1.41. The van der Waals surface area contributed by atoms with Crippen molar-refractivity contribution < 1.29 is 31.2 Å². The first-order valence-electron chi connectivity index (χ1n) is 12.1. The fraction of sp³-hybridized carbons (Fsp3) is 0.481. The zero-order valence-electron chi connectivity index (χ0n) is 20.3. The molecular formula is C27H36Cl2N2O3. The van der Waals surface area contributed by atoms with Crippen molar-refractivity contribution in [2.24, 2.45) is 7.05 Å². The highest BCUT2D eigenvalue weighted by Gasteiger charge is 2.25. The molecule has 3 aromatic rings. The van der Waals surface area contributed by atoms with Gasteiger partial charge in [-0.05, 0) is 42.8 Å². The Morgan fingerprint density at radius 3 is 2.29 bits per heavy atom. The van der Waals surface area contributed by atoms with E-state index in [0.717, 1.165) is 35.4 Å². The van der Waals surface area contributed by atoms with Crippen molar-refractivity contribution >= 4 is 28.6 Å². The molecule has 0 radical (unpaired) electrons. The number of rotatable bonds is 14. The molecule has 0 aliphatic carbocycles. The van der Waals surface area contributed by atoms with E-state index < -0.39 is 0 Å². The van der Waals surface area contributed by atoms with Crippen LogP contribution in [0.1, 0.15) is 64.1 Å². The zero-order valence-corrected chi connectivity index (χ0v) is 21.8. The summed E-state index contributed by atoms with van der Waals surface area (Å²) in [7, 11) is 1.99. The lowest BCUT2D eigenvalue weighted by molar-refractivity contribution is -0.655. The molecule has 0 N–H and O–H groups in total. The van der Waals surface area contributed by atoms with Gasteiger partial charge in [0.2, 0.25) is 0 Å². The van der Waals surface area contributed by atoms with Crippen LogP contribution in [-0.2, 0) is 29.7 Å². The number of imidazole rings is 1. The Hall–Kier alpha value is -2.24. The molecule has 2 aromatic carbocycles. The van der Waals surface area contributed by atoms with Crippen molar-refractivity contribution in [1.82, 2.24) is 4.57 Å². The number of aryl methyl sites for hydroxylation is 1. The van der Waals surface area contributed by atoms with Crippen LogP contribution in [0.25, 0.3) is 11.0 Å². The van der Waals surface area contributed by atoms with Crippen molar-refractivity contribution in [2.45, 2.75) is 71.4 Å². The Bertz CT molecular complexity index is 1020. The Balaban J connectivity index is 0.00000408. The van der Waals surface area contributed by atoms with E-state index in [4.69, 9.17) is 21.1 Å². The average Bonchev–Trinajstić information content (AvgIpc) is 3.08. The van der Waals surface area contributed by atoms with Gasteiger partial charge in [0.05, 0.1) is 13.7 Å². The number of carbonyl (C=O) groups is 1. The molecule has 0 spiro atoms. The maximum absolute atomic E-state index is 12.6. The monoisotopic (exact) mass is 506 g/mol. The van der Waals surface area contributed by atoms with Crippen LogP contribution >= 0.6 is 11.6 Å². The lowest BCUT2D eigenvalue weighted by atomic mass is 10.1. The number of hydrogen-bond acceptors (Lipinski definition) is 3. The molecule has 0 fully saturated rings. The molecule has 0 saturated carbocycles. The normalized spacial score (nSPS) is 10.8. The SMILES string of the molecule is CCCCCCCCCCOC(=O)Cn1c(COc2ccc(Cl)cc2)[n+](C)c2ccccc21.[Cl-]. The number of fused-ring (bicyclic) bond motifs is 1. The Morgan fingerprint density at radius 2 is 1.59 bits per heavy atom. The maximum atomic E-state index is 12.6. The minimum Gasteiger partial charge on any atom is -1.00 e. The first-order chi connectivity index (χ1) is 16.1. The summed E-state index contributed by atoms with van der Waals surface area (Å²) in [6, 6.07) is 15.3. The maximum Gasteiger partial charge on any atom is 0.348 e. The molecular weight excluding hydrogens is 471 g/mol. The molecule has 34 heavy (non-hydrogen) atoms.